The van der Waals surface area contributed by atoms with Crippen LogP contribution in [0, 0.1) is 0 Å². The smallest absolute Gasteiger partial charge is 0.0957 e. The number of nitrogens with zero attached hydrogens (tertiary/aromatic N) is 2. The number of aliphatic hydroxyl groups excluding tert-OH is 2. The maximum absolute atomic E-state index is 8.84. The molecule has 0 radical (unpaired) electrons. The second kappa shape index (κ2) is 7.49. The molecular weight excluding hydrogens is 156 g/mol. The molecule has 0 aromatic rings. The van der Waals surface area contributed by atoms with Gasteiger partial charge in [0.15, 0.2) is 0 Å². The Kier molecular flexibility index (Phi) is 7.39. The van der Waals surface area contributed by atoms with Crippen molar-refractivity contribution in [2.45, 2.75) is 6.92 Å². The molecule has 4 heteroatoms. The first-order valence-electron chi connectivity index (χ1n) is 4.37. The molecule has 0 amide bonds. The minimum atomic E-state index is 0.0259. The first-order valence-corrected chi connectivity index (χ1v) is 4.37. The van der Waals surface area contributed by atoms with Crippen molar-refractivity contribution in [3.63, 3.8) is 0 Å². The summed E-state index contributed by atoms with van der Waals surface area (Å²) in [4.78, 5) is 3.98. The normalized spacial score (nSPS) is 11.5. The maximum Gasteiger partial charge on any atom is 0.0957 e. The molecule has 0 atom stereocenters. The molecule has 12 heavy (non-hydrogen) atoms. The molecule has 0 spiro atoms. The molecule has 0 aliphatic carbocycles. The molecule has 0 bridgehead atoms. The summed E-state index contributed by atoms with van der Waals surface area (Å²) in [5.41, 5.74) is 0. The first kappa shape index (κ1) is 11.8. The van der Waals surface area contributed by atoms with Crippen molar-refractivity contribution in [2.24, 2.45) is 0 Å². The van der Waals surface area contributed by atoms with Crippen LogP contribution in [0.25, 0.3) is 0 Å². The van der Waals surface area contributed by atoms with Crippen LogP contribution in [0.5, 0.6) is 0 Å². The van der Waals surface area contributed by atoms with E-state index in [0.717, 1.165) is 19.6 Å². The predicted molar refractivity (Wildman–Crippen MR) is 48.9 cm³/mol. The molecule has 0 heterocycles. The zero-order valence-electron chi connectivity index (χ0n) is 8.03. The number of rotatable bonds is 7. The van der Waals surface area contributed by atoms with E-state index in [-0.39, 0.29) is 13.3 Å². The molecular formula is C8H20N2O2. The lowest BCUT2D eigenvalue weighted by Gasteiger charge is -2.21. The van der Waals surface area contributed by atoms with Gasteiger partial charge in [0.2, 0.25) is 0 Å². The SMILES string of the molecule is CCN(C)CCN(CO)CCO. The fourth-order valence-electron chi connectivity index (χ4n) is 0.865. The fraction of sp³-hybridized carbons (Fsp3) is 1.00. The summed E-state index contributed by atoms with van der Waals surface area (Å²) in [6, 6.07) is 0. The second-order valence-electron chi connectivity index (χ2n) is 2.88. The third kappa shape index (κ3) is 5.49. The van der Waals surface area contributed by atoms with E-state index in [1.165, 1.54) is 0 Å². The lowest BCUT2D eigenvalue weighted by Crippen LogP contribution is -2.35. The summed E-state index contributed by atoms with van der Waals surface area (Å²) in [6.07, 6.45) is 0. The molecule has 0 saturated heterocycles. The molecule has 2 N–H and O–H groups in total. The Morgan fingerprint density at radius 2 is 1.75 bits per heavy atom. The van der Waals surface area contributed by atoms with Crippen LogP contribution in [-0.2, 0) is 0 Å². The number of hydrogen-bond donors (Lipinski definition) is 2. The molecule has 0 rings (SSSR count). The van der Waals surface area contributed by atoms with Gasteiger partial charge in [-0.15, -0.1) is 0 Å². The van der Waals surface area contributed by atoms with E-state index in [1.807, 2.05) is 11.9 Å². The van der Waals surface area contributed by atoms with Gasteiger partial charge < -0.3 is 15.1 Å². The van der Waals surface area contributed by atoms with Crippen LogP contribution in [0.15, 0.2) is 0 Å². The van der Waals surface area contributed by atoms with Crippen molar-refractivity contribution >= 4 is 0 Å². The van der Waals surface area contributed by atoms with Gasteiger partial charge in [-0.25, -0.2) is 0 Å². The van der Waals surface area contributed by atoms with Crippen LogP contribution in [0.1, 0.15) is 6.92 Å². The van der Waals surface area contributed by atoms with Gasteiger partial charge in [0.1, 0.15) is 0 Å². The highest BCUT2D eigenvalue weighted by atomic mass is 16.3. The molecule has 0 aliphatic rings. The van der Waals surface area contributed by atoms with E-state index in [2.05, 4.69) is 11.8 Å². The van der Waals surface area contributed by atoms with Gasteiger partial charge in [-0.3, -0.25) is 4.90 Å². The van der Waals surface area contributed by atoms with Crippen molar-refractivity contribution in [2.75, 3.05) is 46.6 Å². The quantitative estimate of drug-likeness (QED) is 0.498. The molecule has 0 aliphatic heterocycles. The van der Waals surface area contributed by atoms with Gasteiger partial charge in [0.25, 0.3) is 0 Å². The monoisotopic (exact) mass is 176 g/mol. The Bertz CT molecular complexity index is 101. The second-order valence-corrected chi connectivity index (χ2v) is 2.88. The molecule has 0 aromatic carbocycles. The maximum atomic E-state index is 8.84. The van der Waals surface area contributed by atoms with E-state index < -0.39 is 0 Å². The summed E-state index contributed by atoms with van der Waals surface area (Å²) in [7, 11) is 2.04. The highest BCUT2D eigenvalue weighted by molar-refractivity contribution is 4.55. The van der Waals surface area contributed by atoms with Gasteiger partial charge in [-0.05, 0) is 13.6 Å². The molecule has 0 saturated carbocycles. The van der Waals surface area contributed by atoms with Crippen LogP contribution < -0.4 is 0 Å². The number of aliphatic hydroxyl groups is 2. The van der Waals surface area contributed by atoms with Crippen LogP contribution in [0.3, 0.4) is 0 Å². The van der Waals surface area contributed by atoms with E-state index in [1.54, 1.807) is 0 Å². The fourth-order valence-corrected chi connectivity index (χ4v) is 0.865. The van der Waals surface area contributed by atoms with Crippen LogP contribution >= 0.6 is 0 Å². The van der Waals surface area contributed by atoms with Gasteiger partial charge in [0, 0.05) is 19.6 Å². The summed E-state index contributed by atoms with van der Waals surface area (Å²) in [5.74, 6) is 0. The molecule has 0 unspecified atom stereocenters. The van der Waals surface area contributed by atoms with Gasteiger partial charge >= 0.3 is 0 Å². The largest absolute Gasteiger partial charge is 0.395 e. The van der Waals surface area contributed by atoms with Crippen LogP contribution in [-0.4, -0.2) is 66.6 Å². The molecule has 74 valence electrons. The van der Waals surface area contributed by atoms with E-state index in [9.17, 15) is 0 Å². The minimum Gasteiger partial charge on any atom is -0.395 e. The predicted octanol–water partition coefficient (Wildman–Crippen LogP) is -0.818. The van der Waals surface area contributed by atoms with Gasteiger partial charge in [0.05, 0.1) is 13.3 Å². The van der Waals surface area contributed by atoms with Gasteiger partial charge in [-0.1, -0.05) is 6.92 Å². The summed E-state index contributed by atoms with van der Waals surface area (Å²) in [5, 5.41) is 17.5. The zero-order valence-corrected chi connectivity index (χ0v) is 8.03. The number of hydrogen-bond acceptors (Lipinski definition) is 4. The molecule has 0 aromatic heterocycles. The Morgan fingerprint density at radius 1 is 1.08 bits per heavy atom. The van der Waals surface area contributed by atoms with Crippen molar-refractivity contribution in [3.05, 3.63) is 0 Å². The summed E-state index contributed by atoms with van der Waals surface area (Å²) in [6.45, 7) is 5.52. The highest BCUT2D eigenvalue weighted by Gasteiger charge is 2.02. The standard InChI is InChI=1S/C8H20N2O2/c1-3-9(2)4-5-10(8-12)6-7-11/h11-12H,3-8H2,1-2H3. The summed E-state index contributed by atoms with van der Waals surface area (Å²) < 4.78 is 0. The van der Waals surface area contributed by atoms with Crippen LogP contribution in [0.4, 0.5) is 0 Å². The Labute approximate surface area is 74.4 Å². The third-order valence-electron chi connectivity index (χ3n) is 1.95. The number of likely N-dealkylation sites (N-methyl/N-ethyl adjacent to an activating group) is 1. The average molecular weight is 176 g/mol. The zero-order chi connectivity index (χ0) is 9.40. The van der Waals surface area contributed by atoms with Crippen molar-refractivity contribution < 1.29 is 10.2 Å². The van der Waals surface area contributed by atoms with Crippen molar-refractivity contribution in [1.29, 1.82) is 0 Å². The Hall–Kier alpha value is -0.160. The Morgan fingerprint density at radius 3 is 2.17 bits per heavy atom. The average Bonchev–Trinajstić information content (AvgIpc) is 2.11. The molecule has 0 fully saturated rings. The first-order chi connectivity index (χ1) is 5.74. The summed E-state index contributed by atoms with van der Waals surface area (Å²) >= 11 is 0. The topological polar surface area (TPSA) is 46.9 Å². The van der Waals surface area contributed by atoms with Crippen molar-refractivity contribution in [3.8, 4) is 0 Å². The van der Waals surface area contributed by atoms with E-state index in [4.69, 9.17) is 10.2 Å². The third-order valence-corrected chi connectivity index (χ3v) is 1.95. The molecule has 4 nitrogen and oxygen atoms in total. The Balaban J connectivity index is 3.43. The minimum absolute atomic E-state index is 0.0259. The lowest BCUT2D eigenvalue weighted by atomic mass is 10.4. The highest BCUT2D eigenvalue weighted by Crippen LogP contribution is 1.87. The van der Waals surface area contributed by atoms with E-state index in [0.29, 0.717) is 6.54 Å². The van der Waals surface area contributed by atoms with Crippen molar-refractivity contribution in [1.82, 2.24) is 9.80 Å². The lowest BCUT2D eigenvalue weighted by molar-refractivity contribution is 0.0803. The van der Waals surface area contributed by atoms with E-state index >= 15 is 0 Å². The van der Waals surface area contributed by atoms with Gasteiger partial charge in [-0.2, -0.15) is 0 Å². The van der Waals surface area contributed by atoms with Crippen LogP contribution in [0.2, 0.25) is 0 Å².